The third kappa shape index (κ3) is 7.59. The maximum absolute atomic E-state index is 13.7. The van der Waals surface area contributed by atoms with Crippen LogP contribution >= 0.6 is 0 Å². The van der Waals surface area contributed by atoms with Gasteiger partial charge in [-0.15, -0.1) is 4.40 Å². The van der Waals surface area contributed by atoms with Crippen LogP contribution in [0, 0.1) is 5.41 Å². The molecule has 18 heteroatoms. The molecule has 1 aromatic rings. The van der Waals surface area contributed by atoms with E-state index in [0.29, 0.717) is 25.8 Å². The number of carbonyl (C=O) groups excluding carboxylic acids is 1. The standard InChI is InChI=1S/C23H33N5O6S2.C2HF3O2/c1-22(2,3)12-13-28-21(30)18(19(29)23(27(28)4)10-6-7-11-23)20-24-16-9-8-15(25-35(5,31)32)14-17(16)36(33,34)26-20;3-2(4,5)1(6)7/h8-9,14,25,29H,6-7,10-13H2,1-5H3,(H,24,26);(H,6,7). The number of amidine groups is 1. The van der Waals surface area contributed by atoms with Gasteiger partial charge in [0.25, 0.3) is 15.9 Å². The molecule has 0 atom stereocenters. The van der Waals surface area contributed by atoms with Crippen LogP contribution in [0.5, 0.6) is 0 Å². The number of halogens is 3. The summed E-state index contributed by atoms with van der Waals surface area (Å²) in [6.07, 6.45) is -0.462. The maximum atomic E-state index is 13.7. The number of alkyl halides is 3. The number of hydrogen-bond acceptors (Lipinski definition) is 9. The van der Waals surface area contributed by atoms with E-state index in [0.717, 1.165) is 25.2 Å². The second kappa shape index (κ2) is 11.6. The van der Waals surface area contributed by atoms with Crippen molar-refractivity contribution in [2.45, 2.75) is 69.5 Å². The number of carboxylic acids is 1. The summed E-state index contributed by atoms with van der Waals surface area (Å²) in [7, 11) is -6.14. The van der Waals surface area contributed by atoms with E-state index in [-0.39, 0.29) is 38.9 Å². The van der Waals surface area contributed by atoms with E-state index in [9.17, 15) is 39.9 Å². The Morgan fingerprint density at radius 2 is 1.74 bits per heavy atom. The fourth-order valence-electron chi connectivity index (χ4n) is 4.95. The molecular formula is C25H34F3N5O8S2. The Balaban J connectivity index is 0.000000646. The molecule has 43 heavy (non-hydrogen) atoms. The van der Waals surface area contributed by atoms with E-state index in [1.54, 1.807) is 12.1 Å². The smallest absolute Gasteiger partial charge is 0.490 e. The molecule has 0 radical (unpaired) electrons. The highest BCUT2D eigenvalue weighted by atomic mass is 32.2. The molecule has 1 amide bonds. The molecule has 0 aromatic heterocycles. The van der Waals surface area contributed by atoms with Gasteiger partial charge in [-0.3, -0.25) is 14.5 Å². The highest BCUT2D eigenvalue weighted by Gasteiger charge is 2.52. The average Bonchev–Trinajstić information content (AvgIpc) is 3.33. The Morgan fingerprint density at radius 1 is 1.19 bits per heavy atom. The molecule has 13 nitrogen and oxygen atoms in total. The molecule has 0 saturated heterocycles. The van der Waals surface area contributed by atoms with Crippen LogP contribution in [-0.4, -0.2) is 86.3 Å². The van der Waals surface area contributed by atoms with Crippen molar-refractivity contribution in [1.82, 2.24) is 10.0 Å². The molecule has 1 saturated carbocycles. The first kappa shape index (κ1) is 34.1. The van der Waals surface area contributed by atoms with Crippen LogP contribution < -0.4 is 10.0 Å². The molecule has 4 rings (SSSR count). The number of hydrazine groups is 1. The number of nitrogens with one attached hydrogen (secondary N) is 2. The van der Waals surface area contributed by atoms with Gasteiger partial charge in [-0.2, -0.15) is 21.6 Å². The molecule has 4 N–H and O–H groups in total. The van der Waals surface area contributed by atoms with Gasteiger partial charge in [-0.25, -0.2) is 18.2 Å². The summed E-state index contributed by atoms with van der Waals surface area (Å²) in [4.78, 5) is 22.4. The Bertz CT molecular complexity index is 1580. The van der Waals surface area contributed by atoms with Crippen molar-refractivity contribution >= 4 is 49.1 Å². The van der Waals surface area contributed by atoms with Crippen LogP contribution in [0.2, 0.25) is 0 Å². The second-order valence-corrected chi connectivity index (χ2v) is 15.0. The molecule has 1 spiro atoms. The summed E-state index contributed by atoms with van der Waals surface area (Å²) in [6.45, 7) is 6.62. The number of rotatable bonds is 5. The number of anilines is 2. The minimum absolute atomic E-state index is 0.0477. The van der Waals surface area contributed by atoms with Crippen molar-refractivity contribution in [3.8, 4) is 0 Å². The number of fused-ring (bicyclic) bond motifs is 1. The number of benzene rings is 1. The molecule has 2 aliphatic heterocycles. The van der Waals surface area contributed by atoms with Crippen molar-refractivity contribution in [3.05, 3.63) is 29.5 Å². The van der Waals surface area contributed by atoms with Gasteiger partial charge >= 0.3 is 12.1 Å². The predicted octanol–water partition coefficient (Wildman–Crippen LogP) is 3.45. The summed E-state index contributed by atoms with van der Waals surface area (Å²) >= 11 is 0. The van der Waals surface area contributed by atoms with E-state index in [1.807, 2.05) is 5.01 Å². The van der Waals surface area contributed by atoms with Crippen LogP contribution in [0.15, 0.2) is 38.8 Å². The first-order valence-corrected chi connectivity index (χ1v) is 16.4. The minimum Gasteiger partial charge on any atom is -0.509 e. The largest absolute Gasteiger partial charge is 0.509 e. The monoisotopic (exact) mass is 653 g/mol. The number of aliphatic hydroxyl groups is 1. The highest BCUT2D eigenvalue weighted by molar-refractivity contribution is 7.92. The zero-order chi connectivity index (χ0) is 32.8. The number of likely N-dealkylation sites (N-methyl/N-ethyl adjacent to an activating group) is 1. The van der Waals surface area contributed by atoms with Crippen LogP contribution in [0.3, 0.4) is 0 Å². The normalized spacial score (nSPS) is 20.1. The molecule has 1 aromatic carbocycles. The van der Waals surface area contributed by atoms with E-state index in [2.05, 4.69) is 35.2 Å². The van der Waals surface area contributed by atoms with E-state index in [4.69, 9.17) is 9.90 Å². The zero-order valence-electron chi connectivity index (χ0n) is 24.1. The third-order valence-electron chi connectivity index (χ3n) is 7.12. The molecule has 2 heterocycles. The molecule has 1 fully saturated rings. The van der Waals surface area contributed by atoms with Gasteiger partial charge < -0.3 is 15.5 Å². The molecule has 240 valence electrons. The molecule has 3 aliphatic rings. The third-order valence-corrected chi connectivity index (χ3v) is 9.04. The molecule has 0 unspecified atom stereocenters. The summed E-state index contributed by atoms with van der Waals surface area (Å²) in [5.74, 6) is -3.71. The summed E-state index contributed by atoms with van der Waals surface area (Å²) in [5, 5.41) is 24.9. The van der Waals surface area contributed by atoms with Crippen LogP contribution in [-0.2, 0) is 29.6 Å². The fourth-order valence-corrected chi connectivity index (χ4v) is 6.66. The molecule has 1 aliphatic carbocycles. The van der Waals surface area contributed by atoms with Gasteiger partial charge in [0.1, 0.15) is 16.2 Å². The lowest BCUT2D eigenvalue weighted by Crippen LogP contribution is -2.62. The minimum atomic E-state index is -5.08. The molecule has 0 bridgehead atoms. The van der Waals surface area contributed by atoms with Gasteiger partial charge in [0.2, 0.25) is 10.0 Å². The Hall–Kier alpha value is -3.38. The topological polar surface area (TPSA) is 186 Å². The zero-order valence-corrected chi connectivity index (χ0v) is 25.7. The number of hydrogen-bond donors (Lipinski definition) is 4. The Labute approximate surface area is 247 Å². The lowest BCUT2D eigenvalue weighted by Gasteiger charge is -2.49. The van der Waals surface area contributed by atoms with Crippen LogP contribution in [0.1, 0.15) is 52.9 Å². The predicted molar refractivity (Wildman–Crippen MR) is 151 cm³/mol. The van der Waals surface area contributed by atoms with Gasteiger partial charge in [0, 0.05) is 19.3 Å². The second-order valence-electron chi connectivity index (χ2n) is 11.7. The average molecular weight is 654 g/mol. The summed E-state index contributed by atoms with van der Waals surface area (Å²) in [5.41, 5.74) is -0.827. The van der Waals surface area contributed by atoms with E-state index < -0.39 is 43.6 Å². The number of aliphatic carboxylic acids is 1. The van der Waals surface area contributed by atoms with Gasteiger partial charge in [0.15, 0.2) is 5.84 Å². The van der Waals surface area contributed by atoms with Crippen LogP contribution in [0.4, 0.5) is 24.5 Å². The van der Waals surface area contributed by atoms with E-state index in [1.165, 1.54) is 12.1 Å². The Kier molecular flexibility index (Phi) is 9.21. The number of carbonyl (C=O) groups is 2. The molecular weight excluding hydrogens is 619 g/mol. The SMILES string of the molecule is CN1N(CCC(C)(C)C)C(=O)C(C2=NS(=O)(=O)c3cc(NS(C)(=O)=O)ccc3N2)=C(O)C12CCCC2.O=C(O)C(F)(F)F. The number of aliphatic hydroxyl groups excluding tert-OH is 1. The lowest BCUT2D eigenvalue weighted by atomic mass is 9.87. The summed E-state index contributed by atoms with van der Waals surface area (Å²) in [6, 6.07) is 3.97. The first-order valence-electron chi connectivity index (χ1n) is 13.0. The van der Waals surface area contributed by atoms with Crippen molar-refractivity contribution in [2.75, 3.05) is 29.9 Å². The van der Waals surface area contributed by atoms with E-state index >= 15 is 0 Å². The van der Waals surface area contributed by atoms with Gasteiger partial charge in [-0.1, -0.05) is 33.6 Å². The first-order chi connectivity index (χ1) is 19.5. The fraction of sp³-hybridized carbons (Fsp3) is 0.560. The lowest BCUT2D eigenvalue weighted by molar-refractivity contribution is -0.192. The van der Waals surface area contributed by atoms with Crippen molar-refractivity contribution in [1.29, 1.82) is 0 Å². The Morgan fingerprint density at radius 3 is 2.23 bits per heavy atom. The summed E-state index contributed by atoms with van der Waals surface area (Å²) < 4.78 is 87.2. The quantitative estimate of drug-likeness (QED) is 0.367. The van der Waals surface area contributed by atoms with Gasteiger partial charge in [-0.05, 0) is 42.9 Å². The van der Waals surface area contributed by atoms with Crippen molar-refractivity contribution in [2.24, 2.45) is 9.81 Å². The highest BCUT2D eigenvalue weighted by Crippen LogP contribution is 2.45. The van der Waals surface area contributed by atoms with Gasteiger partial charge in [0.05, 0.1) is 17.5 Å². The van der Waals surface area contributed by atoms with Crippen LogP contribution in [0.25, 0.3) is 0 Å². The van der Waals surface area contributed by atoms with Crippen molar-refractivity contribution in [3.63, 3.8) is 0 Å². The maximum Gasteiger partial charge on any atom is 0.490 e. The van der Waals surface area contributed by atoms with Crippen molar-refractivity contribution < 1.29 is 49.8 Å². The number of sulfonamides is 2. The number of nitrogens with zero attached hydrogens (tertiary/aromatic N) is 3. The number of carboxylic acid groups (broad SMARTS) is 1. The number of amides is 1.